The maximum absolute atomic E-state index is 6.37. The SMILES string of the molecule is CCNCCOCCOCCN.CN1Cc2c(Cl)cc(Cl)cc2[C@H](c2cccc(S)c2)C1. The number of nitrogens with zero attached hydrogens (tertiary/aromatic N) is 1. The highest BCUT2D eigenvalue weighted by Crippen LogP contribution is 2.38. The van der Waals surface area contributed by atoms with Crippen LogP contribution in [0.1, 0.15) is 29.5 Å². The lowest BCUT2D eigenvalue weighted by molar-refractivity contribution is 0.0520. The van der Waals surface area contributed by atoms with Gasteiger partial charge in [-0.25, -0.2) is 0 Å². The summed E-state index contributed by atoms with van der Waals surface area (Å²) in [6.07, 6.45) is 0. The second-order valence-electron chi connectivity index (χ2n) is 7.67. The van der Waals surface area contributed by atoms with E-state index >= 15 is 0 Å². The molecule has 0 unspecified atom stereocenters. The molecule has 3 N–H and O–H groups in total. The molecule has 32 heavy (non-hydrogen) atoms. The number of nitrogens with one attached hydrogen (secondary N) is 1. The van der Waals surface area contributed by atoms with Crippen molar-refractivity contribution in [2.45, 2.75) is 24.3 Å². The van der Waals surface area contributed by atoms with E-state index in [-0.39, 0.29) is 5.92 Å². The highest BCUT2D eigenvalue weighted by molar-refractivity contribution is 7.80. The van der Waals surface area contributed by atoms with E-state index in [0.29, 0.717) is 31.4 Å². The highest BCUT2D eigenvalue weighted by atomic mass is 35.5. The Hall–Kier alpha value is -0.830. The Labute approximate surface area is 208 Å². The van der Waals surface area contributed by atoms with Gasteiger partial charge in [0, 0.05) is 47.0 Å². The van der Waals surface area contributed by atoms with Gasteiger partial charge in [-0.3, -0.25) is 0 Å². The van der Waals surface area contributed by atoms with Gasteiger partial charge in [0.2, 0.25) is 0 Å². The second-order valence-corrected chi connectivity index (χ2v) is 9.03. The first-order valence-corrected chi connectivity index (χ1v) is 12.2. The smallest absolute Gasteiger partial charge is 0.0701 e. The maximum Gasteiger partial charge on any atom is 0.0701 e. The van der Waals surface area contributed by atoms with Gasteiger partial charge in [-0.2, -0.15) is 0 Å². The summed E-state index contributed by atoms with van der Waals surface area (Å²) in [7, 11) is 2.12. The van der Waals surface area contributed by atoms with Gasteiger partial charge in [0.25, 0.3) is 0 Å². The van der Waals surface area contributed by atoms with Crippen LogP contribution in [0.2, 0.25) is 10.0 Å². The monoisotopic (exact) mass is 499 g/mol. The highest BCUT2D eigenvalue weighted by Gasteiger charge is 2.27. The maximum atomic E-state index is 6.37. The minimum atomic E-state index is 0.284. The molecule has 0 amide bonds. The van der Waals surface area contributed by atoms with Crippen LogP contribution in [0.25, 0.3) is 0 Å². The Morgan fingerprint density at radius 2 is 1.88 bits per heavy atom. The van der Waals surface area contributed by atoms with Gasteiger partial charge < -0.3 is 25.4 Å². The third-order valence-electron chi connectivity index (χ3n) is 5.07. The number of thiol groups is 1. The predicted molar refractivity (Wildman–Crippen MR) is 138 cm³/mol. The van der Waals surface area contributed by atoms with Gasteiger partial charge >= 0.3 is 0 Å². The molecule has 3 rings (SSSR count). The van der Waals surface area contributed by atoms with Crippen LogP contribution in [0.3, 0.4) is 0 Å². The topological polar surface area (TPSA) is 59.8 Å². The predicted octanol–water partition coefficient (Wildman–Crippen LogP) is 4.45. The van der Waals surface area contributed by atoms with Crippen molar-refractivity contribution in [3.05, 3.63) is 63.1 Å². The molecular weight excluding hydrogens is 465 g/mol. The lowest BCUT2D eigenvalue weighted by atomic mass is 9.85. The molecule has 0 aromatic heterocycles. The fourth-order valence-electron chi connectivity index (χ4n) is 3.60. The van der Waals surface area contributed by atoms with Crippen LogP contribution in [-0.4, -0.2) is 64.6 Å². The van der Waals surface area contributed by atoms with Crippen LogP contribution in [0, 0.1) is 0 Å². The van der Waals surface area contributed by atoms with Crippen molar-refractivity contribution in [3.8, 4) is 0 Å². The van der Waals surface area contributed by atoms with Crippen molar-refractivity contribution in [1.29, 1.82) is 0 Å². The Morgan fingerprint density at radius 3 is 2.56 bits per heavy atom. The van der Waals surface area contributed by atoms with Gasteiger partial charge in [-0.15, -0.1) is 12.6 Å². The lowest BCUT2D eigenvalue weighted by Crippen LogP contribution is -2.31. The number of ether oxygens (including phenoxy) is 2. The molecule has 0 saturated heterocycles. The summed E-state index contributed by atoms with van der Waals surface area (Å²) in [4.78, 5) is 3.27. The van der Waals surface area contributed by atoms with E-state index in [0.717, 1.165) is 42.7 Å². The quantitative estimate of drug-likeness (QED) is 0.333. The van der Waals surface area contributed by atoms with Crippen LogP contribution in [-0.2, 0) is 16.0 Å². The zero-order valence-electron chi connectivity index (χ0n) is 18.9. The Bertz CT molecular complexity index is 816. The first kappa shape index (κ1) is 27.4. The second kappa shape index (κ2) is 15.1. The average molecular weight is 501 g/mol. The molecule has 1 atom stereocenters. The summed E-state index contributed by atoms with van der Waals surface area (Å²) >= 11 is 17.0. The Balaban J connectivity index is 0.000000262. The number of halogens is 2. The third-order valence-corrected chi connectivity index (χ3v) is 5.91. The van der Waals surface area contributed by atoms with E-state index in [1.807, 2.05) is 24.3 Å². The first-order chi connectivity index (χ1) is 15.5. The molecule has 1 aliphatic rings. The fourth-order valence-corrected chi connectivity index (χ4v) is 4.40. The summed E-state index contributed by atoms with van der Waals surface area (Å²) in [5.41, 5.74) is 8.90. The largest absolute Gasteiger partial charge is 0.378 e. The van der Waals surface area contributed by atoms with Crippen LogP contribution >= 0.6 is 35.8 Å². The number of hydrogen-bond acceptors (Lipinski definition) is 6. The molecule has 1 heterocycles. The molecule has 0 bridgehead atoms. The van der Waals surface area contributed by atoms with Crippen LogP contribution in [0.5, 0.6) is 0 Å². The lowest BCUT2D eigenvalue weighted by Gasteiger charge is -2.33. The minimum absolute atomic E-state index is 0.284. The summed E-state index contributed by atoms with van der Waals surface area (Å²) < 4.78 is 10.4. The van der Waals surface area contributed by atoms with Crippen molar-refractivity contribution >= 4 is 35.8 Å². The van der Waals surface area contributed by atoms with Crippen molar-refractivity contribution in [3.63, 3.8) is 0 Å². The third kappa shape index (κ3) is 9.20. The van der Waals surface area contributed by atoms with E-state index < -0.39 is 0 Å². The molecule has 5 nitrogen and oxygen atoms in total. The van der Waals surface area contributed by atoms with Gasteiger partial charge in [0.15, 0.2) is 0 Å². The van der Waals surface area contributed by atoms with Crippen LogP contribution < -0.4 is 11.1 Å². The molecular formula is C24H35Cl2N3O2S. The molecule has 0 spiro atoms. The molecule has 0 radical (unpaired) electrons. The number of nitrogens with two attached hydrogens (primary N) is 1. The molecule has 178 valence electrons. The Morgan fingerprint density at radius 1 is 1.12 bits per heavy atom. The van der Waals surface area contributed by atoms with Crippen molar-refractivity contribution in [1.82, 2.24) is 10.2 Å². The number of likely N-dealkylation sites (N-methyl/N-ethyl adjacent to an activating group) is 2. The molecule has 2 aromatic carbocycles. The molecule has 0 fully saturated rings. The standard InChI is InChI=1S/C16H15Cl2NS.C8H20N2O2/c1-19-8-14(10-3-2-4-12(20)5-10)13-6-11(17)7-16(18)15(13)9-19;1-2-10-4-6-12-8-7-11-5-3-9/h2-7,14,20H,8-9H2,1H3;10H,2-9H2,1H3/t14-;/m0./s1. The molecule has 2 aromatic rings. The Kier molecular flexibility index (Phi) is 13.0. The van der Waals surface area contributed by atoms with E-state index in [1.165, 1.54) is 16.7 Å². The van der Waals surface area contributed by atoms with Gasteiger partial charge in [0.05, 0.1) is 26.4 Å². The molecule has 0 aliphatic carbocycles. The summed E-state index contributed by atoms with van der Waals surface area (Å²) in [5.74, 6) is 0.284. The zero-order valence-corrected chi connectivity index (χ0v) is 21.4. The van der Waals surface area contributed by atoms with Gasteiger partial charge in [-0.1, -0.05) is 42.3 Å². The van der Waals surface area contributed by atoms with Crippen molar-refractivity contribution in [2.24, 2.45) is 5.73 Å². The average Bonchev–Trinajstić information content (AvgIpc) is 2.76. The minimum Gasteiger partial charge on any atom is -0.378 e. The van der Waals surface area contributed by atoms with Gasteiger partial charge in [-0.05, 0) is 54.5 Å². The summed E-state index contributed by atoms with van der Waals surface area (Å²) in [5, 5.41) is 4.62. The molecule has 1 aliphatic heterocycles. The number of benzene rings is 2. The first-order valence-electron chi connectivity index (χ1n) is 11.0. The number of hydrogen-bond donors (Lipinski definition) is 3. The van der Waals surface area contributed by atoms with E-state index in [1.54, 1.807) is 0 Å². The van der Waals surface area contributed by atoms with E-state index in [2.05, 4.69) is 48.9 Å². The van der Waals surface area contributed by atoms with Crippen molar-refractivity contribution < 1.29 is 9.47 Å². The van der Waals surface area contributed by atoms with Crippen LogP contribution in [0.15, 0.2) is 41.3 Å². The fraction of sp³-hybridized carbons (Fsp3) is 0.500. The van der Waals surface area contributed by atoms with Crippen LogP contribution in [0.4, 0.5) is 0 Å². The number of fused-ring (bicyclic) bond motifs is 1. The summed E-state index contributed by atoms with van der Waals surface area (Å²) in [6.45, 7) is 9.05. The zero-order chi connectivity index (χ0) is 23.3. The van der Waals surface area contributed by atoms with E-state index in [4.69, 9.17) is 38.4 Å². The normalized spacial score (nSPS) is 15.8. The number of rotatable bonds is 10. The van der Waals surface area contributed by atoms with Gasteiger partial charge in [0.1, 0.15) is 0 Å². The van der Waals surface area contributed by atoms with Crippen molar-refractivity contribution in [2.75, 3.05) is 59.7 Å². The molecule has 8 heteroatoms. The van der Waals surface area contributed by atoms with E-state index in [9.17, 15) is 0 Å². The summed E-state index contributed by atoms with van der Waals surface area (Å²) in [6, 6.07) is 12.2. The molecule has 0 saturated carbocycles.